The van der Waals surface area contributed by atoms with Crippen molar-refractivity contribution in [3.05, 3.63) is 34.6 Å². The third kappa shape index (κ3) is 3.47. The van der Waals surface area contributed by atoms with Crippen molar-refractivity contribution in [2.24, 2.45) is 11.8 Å². The molecule has 8 heteroatoms. The number of rotatable bonds is 5. The second-order valence-electron chi connectivity index (χ2n) is 8.67. The van der Waals surface area contributed by atoms with E-state index in [9.17, 15) is 9.90 Å². The summed E-state index contributed by atoms with van der Waals surface area (Å²) in [5, 5.41) is 15.9. The molecule has 2 N–H and O–H groups in total. The van der Waals surface area contributed by atoms with Crippen LogP contribution in [0.15, 0.2) is 24.0 Å². The molecule has 0 aromatic heterocycles. The SMILES string of the molecule is CC[C@@H]1CN2CC[C@]3(O)c4c(ccc(Cl)c4OC)N[C@@H]3[C@@H]2C[C@@H]1/C(=C\OC)C(=O)OC. The lowest BCUT2D eigenvalue weighted by Crippen LogP contribution is -2.64. The summed E-state index contributed by atoms with van der Waals surface area (Å²) in [7, 11) is 4.52. The number of anilines is 1. The zero-order valence-electron chi connectivity index (χ0n) is 18.5. The first kappa shape index (κ1) is 22.2. The van der Waals surface area contributed by atoms with Crippen LogP contribution in [0.2, 0.25) is 5.02 Å². The summed E-state index contributed by atoms with van der Waals surface area (Å²) in [5.74, 6) is 0.451. The molecule has 0 saturated carbocycles. The van der Waals surface area contributed by atoms with E-state index in [2.05, 4.69) is 17.1 Å². The van der Waals surface area contributed by atoms with Gasteiger partial charge in [0.15, 0.2) is 0 Å². The Morgan fingerprint density at radius 2 is 2.16 bits per heavy atom. The van der Waals surface area contributed by atoms with E-state index in [0.717, 1.165) is 30.8 Å². The molecule has 0 unspecified atom stereocenters. The Morgan fingerprint density at radius 1 is 1.39 bits per heavy atom. The molecule has 170 valence electrons. The zero-order chi connectivity index (χ0) is 22.3. The van der Waals surface area contributed by atoms with Gasteiger partial charge in [0.25, 0.3) is 0 Å². The number of aliphatic hydroxyl groups is 1. The fraction of sp³-hybridized carbons (Fsp3) is 0.609. The van der Waals surface area contributed by atoms with E-state index in [1.165, 1.54) is 13.4 Å². The van der Waals surface area contributed by atoms with E-state index in [-0.39, 0.29) is 24.0 Å². The van der Waals surface area contributed by atoms with Gasteiger partial charge in [-0.2, -0.15) is 0 Å². The number of piperidine rings is 2. The van der Waals surface area contributed by atoms with E-state index in [1.807, 2.05) is 6.07 Å². The molecule has 31 heavy (non-hydrogen) atoms. The van der Waals surface area contributed by atoms with Crippen LogP contribution in [0.25, 0.3) is 0 Å². The number of nitrogens with zero attached hydrogens (tertiary/aromatic N) is 1. The Hall–Kier alpha value is -1.96. The average Bonchev–Trinajstić information content (AvgIpc) is 3.09. The van der Waals surface area contributed by atoms with Crippen molar-refractivity contribution in [3.8, 4) is 5.75 Å². The summed E-state index contributed by atoms with van der Waals surface area (Å²) in [6.45, 7) is 3.77. The average molecular weight is 451 g/mol. The van der Waals surface area contributed by atoms with E-state index in [0.29, 0.717) is 35.1 Å². The summed E-state index contributed by atoms with van der Waals surface area (Å²) in [6.07, 6.45) is 3.76. The number of benzene rings is 1. The molecule has 0 spiro atoms. The van der Waals surface area contributed by atoms with E-state index in [1.54, 1.807) is 20.3 Å². The zero-order valence-corrected chi connectivity index (χ0v) is 19.2. The van der Waals surface area contributed by atoms with Crippen molar-refractivity contribution in [1.82, 2.24) is 4.90 Å². The van der Waals surface area contributed by atoms with Crippen LogP contribution in [0.4, 0.5) is 5.69 Å². The van der Waals surface area contributed by atoms with Gasteiger partial charge in [0, 0.05) is 24.8 Å². The number of halogens is 1. The maximum atomic E-state index is 12.5. The van der Waals surface area contributed by atoms with E-state index in [4.69, 9.17) is 25.8 Å². The minimum absolute atomic E-state index is 0.0167. The first-order chi connectivity index (χ1) is 14.9. The lowest BCUT2D eigenvalue weighted by atomic mass is 9.69. The van der Waals surface area contributed by atoms with Gasteiger partial charge in [-0.3, -0.25) is 4.90 Å². The first-order valence-corrected chi connectivity index (χ1v) is 11.2. The number of hydrogen-bond donors (Lipinski definition) is 2. The number of methoxy groups -OCH3 is 3. The lowest BCUT2D eigenvalue weighted by molar-refractivity contribution is -0.138. The minimum atomic E-state index is -1.09. The Kier molecular flexibility index (Phi) is 6.12. The van der Waals surface area contributed by atoms with Crippen LogP contribution in [0.3, 0.4) is 0 Å². The molecule has 3 heterocycles. The van der Waals surface area contributed by atoms with Crippen molar-refractivity contribution in [3.63, 3.8) is 0 Å². The first-order valence-electron chi connectivity index (χ1n) is 10.8. The van der Waals surface area contributed by atoms with Gasteiger partial charge in [-0.25, -0.2) is 4.79 Å². The summed E-state index contributed by atoms with van der Waals surface area (Å²) in [4.78, 5) is 15.0. The van der Waals surface area contributed by atoms with Gasteiger partial charge in [0.2, 0.25) is 0 Å². The van der Waals surface area contributed by atoms with Crippen LogP contribution in [-0.2, 0) is 19.9 Å². The highest BCUT2D eigenvalue weighted by molar-refractivity contribution is 6.32. The molecule has 5 atom stereocenters. The Labute approximate surface area is 188 Å². The maximum absolute atomic E-state index is 12.5. The molecular weight excluding hydrogens is 420 g/mol. The molecule has 2 fully saturated rings. The molecular formula is C23H31ClN2O5. The Morgan fingerprint density at radius 3 is 2.81 bits per heavy atom. The molecule has 3 aliphatic heterocycles. The molecule has 2 saturated heterocycles. The number of fused-ring (bicyclic) bond motifs is 5. The molecule has 3 aliphatic rings. The van der Waals surface area contributed by atoms with Gasteiger partial charge in [-0.1, -0.05) is 24.9 Å². The summed E-state index contributed by atoms with van der Waals surface area (Å²) in [6, 6.07) is 3.50. The number of hydrogen-bond acceptors (Lipinski definition) is 7. The highest BCUT2D eigenvalue weighted by atomic mass is 35.5. The van der Waals surface area contributed by atoms with E-state index < -0.39 is 5.60 Å². The third-order valence-corrected chi connectivity index (χ3v) is 7.63. The number of carbonyl (C=O) groups is 1. The molecule has 4 rings (SSSR count). The van der Waals surface area contributed by atoms with Gasteiger partial charge < -0.3 is 24.6 Å². The third-order valence-electron chi connectivity index (χ3n) is 7.33. The van der Waals surface area contributed by atoms with Gasteiger partial charge >= 0.3 is 5.97 Å². The van der Waals surface area contributed by atoms with Gasteiger partial charge in [0.1, 0.15) is 11.4 Å². The molecule has 7 nitrogen and oxygen atoms in total. The van der Waals surface area contributed by atoms with Crippen LogP contribution in [0, 0.1) is 11.8 Å². The van der Waals surface area contributed by atoms with Gasteiger partial charge in [-0.05, 0) is 36.8 Å². The van der Waals surface area contributed by atoms with Crippen molar-refractivity contribution in [1.29, 1.82) is 0 Å². The van der Waals surface area contributed by atoms with Crippen molar-refractivity contribution < 1.29 is 24.1 Å². The number of ether oxygens (including phenoxy) is 3. The predicted molar refractivity (Wildman–Crippen MR) is 118 cm³/mol. The topological polar surface area (TPSA) is 80.3 Å². The molecule has 1 aromatic rings. The van der Waals surface area contributed by atoms with Crippen LogP contribution in [0.1, 0.15) is 31.7 Å². The highest BCUT2D eigenvalue weighted by Gasteiger charge is 2.57. The van der Waals surface area contributed by atoms with Crippen molar-refractivity contribution >= 4 is 23.3 Å². The fourth-order valence-electron chi connectivity index (χ4n) is 5.85. The predicted octanol–water partition coefficient (Wildman–Crippen LogP) is 3.15. The summed E-state index contributed by atoms with van der Waals surface area (Å²) < 4.78 is 15.9. The van der Waals surface area contributed by atoms with Gasteiger partial charge in [0.05, 0.1) is 49.8 Å². The normalized spacial score (nSPS) is 32.4. The molecule has 1 aromatic carbocycles. The number of esters is 1. The van der Waals surface area contributed by atoms with Crippen LogP contribution in [0.5, 0.6) is 5.75 Å². The van der Waals surface area contributed by atoms with Crippen LogP contribution < -0.4 is 10.1 Å². The largest absolute Gasteiger partial charge is 0.504 e. The number of nitrogens with one attached hydrogen (secondary N) is 1. The second kappa shape index (κ2) is 8.52. The molecule has 0 bridgehead atoms. The molecule has 0 amide bonds. The van der Waals surface area contributed by atoms with Crippen LogP contribution in [-0.4, -0.2) is 62.5 Å². The fourth-order valence-corrected chi connectivity index (χ4v) is 6.09. The van der Waals surface area contributed by atoms with Crippen molar-refractivity contribution in [2.75, 3.05) is 39.7 Å². The Balaban J connectivity index is 1.71. The number of carbonyl (C=O) groups excluding carboxylic acids is 1. The summed E-state index contributed by atoms with van der Waals surface area (Å²) >= 11 is 6.38. The quantitative estimate of drug-likeness (QED) is 0.405. The standard InChI is InChI=1S/C23H31ClN2O5/c1-5-13-11-26-9-8-23(28)19-17(7-6-16(24)20(19)30-3)25-21(23)18(26)10-14(13)15(12-29-2)22(27)31-4/h6-7,12-14,18,21,25,28H,5,8-11H2,1-4H3/b15-12+/t13-,14+,18+,21-,23+/m1/s1. The monoisotopic (exact) mass is 450 g/mol. The molecule has 0 aliphatic carbocycles. The lowest BCUT2D eigenvalue weighted by Gasteiger charge is -2.53. The Bertz CT molecular complexity index is 891. The highest BCUT2D eigenvalue weighted by Crippen LogP contribution is 2.54. The smallest absolute Gasteiger partial charge is 0.337 e. The molecule has 0 radical (unpaired) electrons. The second-order valence-corrected chi connectivity index (χ2v) is 9.08. The van der Waals surface area contributed by atoms with Crippen molar-refractivity contribution in [2.45, 2.75) is 43.9 Å². The van der Waals surface area contributed by atoms with E-state index >= 15 is 0 Å². The summed E-state index contributed by atoms with van der Waals surface area (Å²) in [5.41, 5.74) is 1.06. The van der Waals surface area contributed by atoms with Gasteiger partial charge in [-0.15, -0.1) is 0 Å². The maximum Gasteiger partial charge on any atom is 0.337 e. The minimum Gasteiger partial charge on any atom is -0.504 e. The van der Waals surface area contributed by atoms with Crippen LogP contribution >= 0.6 is 11.6 Å².